The first-order chi connectivity index (χ1) is 15.5. The summed E-state index contributed by atoms with van der Waals surface area (Å²) in [4.78, 5) is 12.9. The molecule has 0 amide bonds. The van der Waals surface area contributed by atoms with E-state index < -0.39 is 17.1 Å². The van der Waals surface area contributed by atoms with Gasteiger partial charge in [-0.05, 0) is 84.9 Å². The van der Waals surface area contributed by atoms with Gasteiger partial charge in [-0.1, -0.05) is 60.1 Å². The number of hydrogen-bond acceptors (Lipinski definition) is 4. The number of hydrogen-bond donors (Lipinski definition) is 3. The van der Waals surface area contributed by atoms with E-state index in [1.54, 1.807) is 0 Å². The second-order valence-corrected chi connectivity index (χ2v) is 15.1. The standard InChI is InChI=1S/C30H48O4/c1-24(2)12-14-29(18-31)15-13-28(7)27(6)11-8-19-25(3,4)22(32)9-10-26(19,5)20(27)16-23(33)30(28,34)21(29)17-24/h16,19,21,23,31,33-34H,8-15,17-18H2,1-7H3/t19-,21?,23+,26-,27+,28-,29+,30+/m0/s1. The molecule has 4 nitrogen and oxygen atoms in total. The average molecular weight is 473 g/mol. The first kappa shape index (κ1) is 25.0. The van der Waals surface area contributed by atoms with Crippen LogP contribution in [0.2, 0.25) is 0 Å². The lowest BCUT2D eigenvalue weighted by atomic mass is 9.32. The highest BCUT2D eigenvalue weighted by Crippen LogP contribution is 2.76. The Morgan fingerprint density at radius 2 is 1.56 bits per heavy atom. The minimum absolute atomic E-state index is 0.0827. The molecular weight excluding hydrogens is 424 g/mol. The van der Waals surface area contributed by atoms with Gasteiger partial charge in [0.2, 0.25) is 0 Å². The summed E-state index contributed by atoms with van der Waals surface area (Å²) in [5.74, 6) is 0.497. The highest BCUT2D eigenvalue weighted by atomic mass is 16.3. The maximum absolute atomic E-state index is 12.9. The Bertz CT molecular complexity index is 934. The van der Waals surface area contributed by atoms with Crippen LogP contribution in [0.25, 0.3) is 0 Å². The Hall–Kier alpha value is -0.710. The molecule has 3 N–H and O–H groups in total. The molecule has 0 radical (unpaired) electrons. The normalized spacial score (nSPS) is 53.6. The van der Waals surface area contributed by atoms with E-state index in [0.717, 1.165) is 51.4 Å². The lowest BCUT2D eigenvalue weighted by Crippen LogP contribution is -2.75. The van der Waals surface area contributed by atoms with E-state index in [4.69, 9.17) is 0 Å². The lowest BCUT2D eigenvalue weighted by Gasteiger charge is -2.73. The molecule has 1 unspecified atom stereocenters. The first-order valence-electron chi connectivity index (χ1n) is 13.8. The van der Waals surface area contributed by atoms with Gasteiger partial charge in [0, 0.05) is 23.9 Å². The third kappa shape index (κ3) is 2.69. The Balaban J connectivity index is 1.68. The van der Waals surface area contributed by atoms with Crippen LogP contribution >= 0.6 is 0 Å². The van der Waals surface area contributed by atoms with E-state index in [2.05, 4.69) is 48.5 Å². The van der Waals surface area contributed by atoms with Crippen molar-refractivity contribution >= 4 is 5.78 Å². The molecule has 0 bridgehead atoms. The molecule has 34 heavy (non-hydrogen) atoms. The molecule has 4 heteroatoms. The summed E-state index contributed by atoms with van der Waals surface area (Å²) in [6, 6.07) is 0. The molecule has 5 aliphatic carbocycles. The zero-order valence-corrected chi connectivity index (χ0v) is 22.6. The number of aliphatic hydroxyl groups is 3. The van der Waals surface area contributed by atoms with Gasteiger partial charge in [-0.25, -0.2) is 0 Å². The number of carbonyl (C=O) groups is 1. The number of rotatable bonds is 1. The monoisotopic (exact) mass is 472 g/mol. The van der Waals surface area contributed by atoms with Gasteiger partial charge in [0.15, 0.2) is 0 Å². The topological polar surface area (TPSA) is 77.8 Å². The van der Waals surface area contributed by atoms with Gasteiger partial charge in [-0.2, -0.15) is 0 Å². The summed E-state index contributed by atoms with van der Waals surface area (Å²) in [7, 11) is 0. The number of Topliss-reactive ketones (excluding diaryl/α,β-unsaturated/α-hetero) is 1. The van der Waals surface area contributed by atoms with Crippen LogP contribution in [0, 0.1) is 44.3 Å². The molecule has 0 aromatic heterocycles. The number of aliphatic hydroxyl groups excluding tert-OH is 2. The summed E-state index contributed by atoms with van der Waals surface area (Å²) in [5.41, 5.74) is -1.44. The number of ketones is 1. The van der Waals surface area contributed by atoms with E-state index in [9.17, 15) is 20.1 Å². The van der Waals surface area contributed by atoms with Gasteiger partial charge in [0.25, 0.3) is 0 Å². The Kier molecular flexibility index (Phi) is 5.13. The maximum atomic E-state index is 12.9. The van der Waals surface area contributed by atoms with Crippen LogP contribution in [0.5, 0.6) is 0 Å². The van der Waals surface area contributed by atoms with Crippen LogP contribution in [0.15, 0.2) is 11.6 Å². The molecule has 0 heterocycles. The molecule has 5 rings (SSSR count). The molecule has 192 valence electrons. The van der Waals surface area contributed by atoms with Crippen LogP contribution < -0.4 is 0 Å². The van der Waals surface area contributed by atoms with Crippen molar-refractivity contribution in [3.63, 3.8) is 0 Å². The van der Waals surface area contributed by atoms with E-state index in [1.807, 2.05) is 6.08 Å². The largest absolute Gasteiger partial charge is 0.396 e. The van der Waals surface area contributed by atoms with Crippen LogP contribution in [0.4, 0.5) is 0 Å². The fraction of sp³-hybridized carbons (Fsp3) is 0.900. The van der Waals surface area contributed by atoms with Crippen molar-refractivity contribution in [2.24, 2.45) is 44.3 Å². The molecular formula is C30H48O4. The molecule has 0 spiro atoms. The molecule has 4 saturated carbocycles. The average Bonchev–Trinajstić information content (AvgIpc) is 2.76. The fourth-order valence-electron chi connectivity index (χ4n) is 10.4. The Morgan fingerprint density at radius 3 is 2.21 bits per heavy atom. The number of allylic oxidation sites excluding steroid dienone is 1. The summed E-state index contributed by atoms with van der Waals surface area (Å²) in [6.45, 7) is 15.8. The molecule has 8 atom stereocenters. The summed E-state index contributed by atoms with van der Waals surface area (Å²) in [6.07, 6.45) is 8.93. The predicted molar refractivity (Wildman–Crippen MR) is 134 cm³/mol. The van der Waals surface area contributed by atoms with Crippen LogP contribution in [0.3, 0.4) is 0 Å². The lowest BCUT2D eigenvalue weighted by molar-refractivity contribution is -0.293. The van der Waals surface area contributed by atoms with Crippen LogP contribution in [-0.2, 0) is 4.79 Å². The van der Waals surface area contributed by atoms with Crippen molar-refractivity contribution in [2.45, 2.75) is 118 Å². The predicted octanol–water partition coefficient (Wildman–Crippen LogP) is 5.44. The van der Waals surface area contributed by atoms with Gasteiger partial charge in [0.1, 0.15) is 17.5 Å². The van der Waals surface area contributed by atoms with Crippen molar-refractivity contribution in [3.8, 4) is 0 Å². The molecule has 0 aromatic rings. The fourth-order valence-corrected chi connectivity index (χ4v) is 10.4. The summed E-state index contributed by atoms with van der Waals surface area (Å²) in [5, 5.41) is 35.4. The second-order valence-electron chi connectivity index (χ2n) is 15.1. The Labute approximate surface area is 206 Å². The van der Waals surface area contributed by atoms with Crippen molar-refractivity contribution < 1.29 is 20.1 Å². The molecule has 0 aromatic carbocycles. The second kappa shape index (κ2) is 6.98. The summed E-state index contributed by atoms with van der Waals surface area (Å²) < 4.78 is 0. The minimum Gasteiger partial charge on any atom is -0.396 e. The SMILES string of the molecule is CC1(C)CC[C@]2(CO)CC[C@]3(C)[C@@](O)(C2C1)[C@H](O)C=C1[C@@]2(C)CCC(=O)C(C)(C)[C@@H]2CC[C@]13C. The molecule has 5 aliphatic rings. The zero-order chi connectivity index (χ0) is 25.2. The smallest absolute Gasteiger partial charge is 0.138 e. The van der Waals surface area contributed by atoms with Gasteiger partial charge in [-0.15, -0.1) is 0 Å². The van der Waals surface area contributed by atoms with Gasteiger partial charge >= 0.3 is 0 Å². The van der Waals surface area contributed by atoms with Crippen LogP contribution in [0.1, 0.15) is 106 Å². The molecule has 4 fully saturated rings. The highest BCUT2D eigenvalue weighted by molar-refractivity contribution is 5.85. The van der Waals surface area contributed by atoms with E-state index >= 15 is 0 Å². The third-order valence-corrected chi connectivity index (χ3v) is 13.0. The van der Waals surface area contributed by atoms with Crippen molar-refractivity contribution in [1.29, 1.82) is 0 Å². The number of fused-ring (bicyclic) bond motifs is 7. The first-order valence-corrected chi connectivity index (χ1v) is 13.8. The van der Waals surface area contributed by atoms with Crippen molar-refractivity contribution in [3.05, 3.63) is 11.6 Å². The Morgan fingerprint density at radius 1 is 0.912 bits per heavy atom. The third-order valence-electron chi connectivity index (χ3n) is 13.0. The van der Waals surface area contributed by atoms with Gasteiger partial charge < -0.3 is 15.3 Å². The van der Waals surface area contributed by atoms with E-state index in [1.165, 1.54) is 5.57 Å². The summed E-state index contributed by atoms with van der Waals surface area (Å²) >= 11 is 0. The quantitative estimate of drug-likeness (QED) is 0.444. The van der Waals surface area contributed by atoms with Crippen molar-refractivity contribution in [1.82, 2.24) is 0 Å². The van der Waals surface area contributed by atoms with Crippen molar-refractivity contribution in [2.75, 3.05) is 6.61 Å². The maximum Gasteiger partial charge on any atom is 0.138 e. The van der Waals surface area contributed by atoms with Gasteiger partial charge in [-0.3, -0.25) is 4.79 Å². The van der Waals surface area contributed by atoms with E-state index in [-0.39, 0.29) is 45.5 Å². The molecule has 0 aliphatic heterocycles. The number of carbonyl (C=O) groups excluding carboxylic acids is 1. The highest BCUT2D eigenvalue weighted by Gasteiger charge is 2.75. The van der Waals surface area contributed by atoms with Gasteiger partial charge in [0.05, 0.1) is 0 Å². The zero-order valence-electron chi connectivity index (χ0n) is 22.6. The minimum atomic E-state index is -1.27. The van der Waals surface area contributed by atoms with Crippen LogP contribution in [-0.4, -0.2) is 39.4 Å². The van der Waals surface area contributed by atoms with E-state index in [0.29, 0.717) is 12.2 Å². The molecule has 0 saturated heterocycles.